The maximum absolute atomic E-state index is 12.5. The van der Waals surface area contributed by atoms with Crippen molar-refractivity contribution in [3.63, 3.8) is 0 Å². The molecule has 0 aromatic heterocycles. The number of amides is 1. The Balaban J connectivity index is 1.52. The van der Waals surface area contributed by atoms with Gasteiger partial charge < -0.3 is 10.2 Å². The number of carbonyl (C=O) groups excluding carboxylic acids is 1. The third-order valence-electron chi connectivity index (χ3n) is 5.09. The van der Waals surface area contributed by atoms with Crippen molar-refractivity contribution in [2.45, 2.75) is 51.5 Å². The Kier molecular flexibility index (Phi) is 3.60. The first-order valence-electron chi connectivity index (χ1n) is 7.78. The Morgan fingerprint density at radius 3 is 2.72 bits per heavy atom. The van der Waals surface area contributed by atoms with Crippen molar-refractivity contribution in [3.8, 4) is 0 Å². The van der Waals surface area contributed by atoms with Crippen LogP contribution < -0.4 is 5.32 Å². The van der Waals surface area contributed by atoms with Gasteiger partial charge >= 0.3 is 0 Å². The van der Waals surface area contributed by atoms with Crippen LogP contribution in [0.3, 0.4) is 0 Å². The Morgan fingerprint density at radius 1 is 1.22 bits per heavy atom. The normalized spacial score (nSPS) is 37.6. The fraction of sp³-hybridized carbons (Fsp3) is 0.933. The average molecular weight is 250 g/mol. The SMILES string of the molecule is CC1CN(C(=O)C2CC2C2CCCCC2)CCN1. The zero-order valence-corrected chi connectivity index (χ0v) is 11.5. The number of hydrogen-bond acceptors (Lipinski definition) is 2. The fourth-order valence-corrected chi connectivity index (χ4v) is 3.95. The van der Waals surface area contributed by atoms with Crippen LogP contribution >= 0.6 is 0 Å². The number of piperazine rings is 1. The lowest BCUT2D eigenvalue weighted by Gasteiger charge is -2.32. The molecular weight excluding hydrogens is 224 g/mol. The zero-order valence-electron chi connectivity index (χ0n) is 11.5. The van der Waals surface area contributed by atoms with Gasteiger partial charge in [0.25, 0.3) is 0 Å². The molecule has 102 valence electrons. The molecule has 1 saturated heterocycles. The van der Waals surface area contributed by atoms with Gasteiger partial charge in [-0.2, -0.15) is 0 Å². The molecule has 1 aliphatic heterocycles. The number of nitrogens with one attached hydrogen (secondary N) is 1. The second kappa shape index (κ2) is 5.20. The van der Waals surface area contributed by atoms with Gasteiger partial charge in [-0.25, -0.2) is 0 Å². The van der Waals surface area contributed by atoms with E-state index in [1.54, 1.807) is 0 Å². The molecule has 1 heterocycles. The van der Waals surface area contributed by atoms with Crippen LogP contribution in [0.4, 0.5) is 0 Å². The van der Waals surface area contributed by atoms with E-state index in [1.165, 1.54) is 38.5 Å². The number of nitrogens with zero attached hydrogens (tertiary/aromatic N) is 1. The molecule has 0 radical (unpaired) electrons. The summed E-state index contributed by atoms with van der Waals surface area (Å²) in [4.78, 5) is 14.6. The van der Waals surface area contributed by atoms with Crippen molar-refractivity contribution in [2.75, 3.05) is 19.6 Å². The van der Waals surface area contributed by atoms with Crippen LogP contribution in [-0.4, -0.2) is 36.5 Å². The van der Waals surface area contributed by atoms with Crippen molar-refractivity contribution < 1.29 is 4.79 Å². The molecule has 3 fully saturated rings. The molecule has 3 atom stereocenters. The van der Waals surface area contributed by atoms with Crippen molar-refractivity contribution in [1.29, 1.82) is 0 Å². The largest absolute Gasteiger partial charge is 0.340 e. The Morgan fingerprint density at radius 2 is 2.00 bits per heavy atom. The lowest BCUT2D eigenvalue weighted by Crippen LogP contribution is -2.51. The van der Waals surface area contributed by atoms with Gasteiger partial charge in [0.15, 0.2) is 0 Å². The van der Waals surface area contributed by atoms with Crippen LogP contribution in [0.2, 0.25) is 0 Å². The second-order valence-electron chi connectivity index (χ2n) is 6.54. The zero-order chi connectivity index (χ0) is 12.5. The highest BCUT2D eigenvalue weighted by Gasteiger charge is 2.48. The summed E-state index contributed by atoms with van der Waals surface area (Å²) < 4.78 is 0. The van der Waals surface area contributed by atoms with E-state index in [2.05, 4.69) is 17.1 Å². The maximum atomic E-state index is 12.5. The maximum Gasteiger partial charge on any atom is 0.226 e. The van der Waals surface area contributed by atoms with Crippen molar-refractivity contribution in [3.05, 3.63) is 0 Å². The van der Waals surface area contributed by atoms with Gasteiger partial charge in [-0.15, -0.1) is 0 Å². The molecule has 1 amide bonds. The Bertz CT molecular complexity index is 312. The van der Waals surface area contributed by atoms with E-state index in [0.717, 1.165) is 31.5 Å². The lowest BCUT2D eigenvalue weighted by atomic mass is 9.85. The number of carbonyl (C=O) groups is 1. The molecule has 3 rings (SSSR count). The molecule has 0 spiro atoms. The van der Waals surface area contributed by atoms with Crippen molar-refractivity contribution >= 4 is 5.91 Å². The first-order chi connectivity index (χ1) is 8.75. The predicted octanol–water partition coefficient (Wildman–Crippen LogP) is 2.02. The van der Waals surface area contributed by atoms with E-state index in [0.29, 0.717) is 17.9 Å². The number of rotatable bonds is 2. The molecule has 2 saturated carbocycles. The summed E-state index contributed by atoms with van der Waals surface area (Å²) >= 11 is 0. The molecule has 18 heavy (non-hydrogen) atoms. The van der Waals surface area contributed by atoms with Gasteiger partial charge in [-0.3, -0.25) is 4.79 Å². The van der Waals surface area contributed by atoms with E-state index < -0.39 is 0 Å². The summed E-state index contributed by atoms with van der Waals surface area (Å²) in [5.74, 6) is 2.45. The summed E-state index contributed by atoms with van der Waals surface area (Å²) in [6.45, 7) is 4.96. The molecule has 3 heteroatoms. The summed E-state index contributed by atoms with van der Waals surface area (Å²) in [6.07, 6.45) is 8.15. The van der Waals surface area contributed by atoms with E-state index >= 15 is 0 Å². The van der Waals surface area contributed by atoms with E-state index in [4.69, 9.17) is 0 Å². The molecule has 3 nitrogen and oxygen atoms in total. The number of hydrogen-bond donors (Lipinski definition) is 1. The molecule has 0 aromatic rings. The monoisotopic (exact) mass is 250 g/mol. The van der Waals surface area contributed by atoms with E-state index in [-0.39, 0.29) is 0 Å². The topological polar surface area (TPSA) is 32.3 Å². The van der Waals surface area contributed by atoms with Gasteiger partial charge in [0.05, 0.1) is 0 Å². The molecular formula is C15H26N2O. The molecule has 1 N–H and O–H groups in total. The van der Waals surface area contributed by atoms with E-state index in [9.17, 15) is 4.79 Å². The van der Waals surface area contributed by atoms with Crippen molar-refractivity contribution in [2.24, 2.45) is 17.8 Å². The third-order valence-corrected chi connectivity index (χ3v) is 5.09. The average Bonchev–Trinajstić information content (AvgIpc) is 3.19. The lowest BCUT2D eigenvalue weighted by molar-refractivity contribution is -0.134. The van der Waals surface area contributed by atoms with Crippen LogP contribution in [0.5, 0.6) is 0 Å². The van der Waals surface area contributed by atoms with Gasteiger partial charge in [0.2, 0.25) is 5.91 Å². The summed E-state index contributed by atoms with van der Waals surface area (Å²) in [7, 11) is 0. The van der Waals surface area contributed by atoms with Crippen LogP contribution in [0.15, 0.2) is 0 Å². The quantitative estimate of drug-likeness (QED) is 0.813. The van der Waals surface area contributed by atoms with Crippen molar-refractivity contribution in [1.82, 2.24) is 10.2 Å². The Labute approximate surface area is 110 Å². The van der Waals surface area contributed by atoms with Crippen LogP contribution in [-0.2, 0) is 4.79 Å². The first kappa shape index (κ1) is 12.5. The predicted molar refractivity (Wildman–Crippen MR) is 72.2 cm³/mol. The van der Waals surface area contributed by atoms with Crippen LogP contribution in [0, 0.1) is 17.8 Å². The second-order valence-corrected chi connectivity index (χ2v) is 6.54. The van der Waals surface area contributed by atoms with E-state index in [1.807, 2.05) is 0 Å². The Hall–Kier alpha value is -0.570. The highest BCUT2D eigenvalue weighted by molar-refractivity contribution is 5.82. The molecule has 0 bridgehead atoms. The summed E-state index contributed by atoms with van der Waals surface area (Å²) in [5, 5.41) is 3.41. The third kappa shape index (κ3) is 2.56. The molecule has 3 unspecified atom stereocenters. The molecule has 3 aliphatic rings. The van der Waals surface area contributed by atoms with Gasteiger partial charge in [0.1, 0.15) is 0 Å². The minimum absolute atomic E-state index is 0.387. The minimum atomic E-state index is 0.387. The van der Waals surface area contributed by atoms with Gasteiger partial charge in [-0.1, -0.05) is 32.1 Å². The molecule has 2 aliphatic carbocycles. The summed E-state index contributed by atoms with van der Waals surface area (Å²) in [6, 6.07) is 0.467. The summed E-state index contributed by atoms with van der Waals surface area (Å²) in [5.41, 5.74) is 0. The van der Waals surface area contributed by atoms with Crippen LogP contribution in [0.1, 0.15) is 45.4 Å². The minimum Gasteiger partial charge on any atom is -0.340 e. The highest BCUT2D eigenvalue weighted by Crippen LogP contribution is 2.50. The standard InChI is InChI=1S/C15H26N2O/c1-11-10-17(8-7-16-11)15(18)14-9-13(14)12-5-3-2-4-6-12/h11-14,16H,2-10H2,1H3. The van der Waals surface area contributed by atoms with Gasteiger partial charge in [0, 0.05) is 31.6 Å². The van der Waals surface area contributed by atoms with Crippen LogP contribution in [0.25, 0.3) is 0 Å². The first-order valence-corrected chi connectivity index (χ1v) is 7.78. The fourth-order valence-electron chi connectivity index (χ4n) is 3.95. The smallest absolute Gasteiger partial charge is 0.226 e. The van der Waals surface area contributed by atoms with Gasteiger partial charge in [-0.05, 0) is 25.2 Å². The highest BCUT2D eigenvalue weighted by atomic mass is 16.2. The molecule has 0 aromatic carbocycles.